The van der Waals surface area contributed by atoms with Crippen molar-refractivity contribution in [3.8, 4) is 22.9 Å². The third-order valence-corrected chi connectivity index (χ3v) is 7.95. The van der Waals surface area contributed by atoms with Gasteiger partial charge in [0.25, 0.3) is 11.8 Å². The lowest BCUT2D eigenvalue weighted by atomic mass is 9.94. The predicted octanol–water partition coefficient (Wildman–Crippen LogP) is 5.80. The Balaban J connectivity index is 1.37. The van der Waals surface area contributed by atoms with Crippen molar-refractivity contribution in [3.05, 3.63) is 94.1 Å². The molecule has 9 nitrogen and oxygen atoms in total. The van der Waals surface area contributed by atoms with Crippen molar-refractivity contribution in [2.75, 3.05) is 6.54 Å². The number of alkyl halides is 2. The summed E-state index contributed by atoms with van der Waals surface area (Å²) < 4.78 is 40.8. The van der Waals surface area contributed by atoms with Gasteiger partial charge in [-0.25, -0.2) is 18.7 Å². The summed E-state index contributed by atoms with van der Waals surface area (Å²) in [5.74, 6) is -3.06. The molecule has 5 aromatic rings. The van der Waals surface area contributed by atoms with Gasteiger partial charge >= 0.3 is 0 Å². The lowest BCUT2D eigenvalue weighted by Gasteiger charge is -2.23. The summed E-state index contributed by atoms with van der Waals surface area (Å²) in [4.78, 5) is 23.6. The van der Waals surface area contributed by atoms with Crippen LogP contribution < -0.4 is 5.73 Å². The smallest absolute Gasteiger partial charge is 0.267 e. The third kappa shape index (κ3) is 5.52. The molecule has 2 unspecified atom stereocenters. The summed E-state index contributed by atoms with van der Waals surface area (Å²) >= 11 is 1.26. The van der Waals surface area contributed by atoms with Crippen molar-refractivity contribution in [2.24, 2.45) is 5.73 Å². The molecular weight excluding hydrogens is 550 g/mol. The van der Waals surface area contributed by atoms with E-state index in [1.54, 1.807) is 31.4 Å². The van der Waals surface area contributed by atoms with Gasteiger partial charge in [-0.15, -0.1) is 21.5 Å². The third-order valence-electron chi connectivity index (χ3n) is 6.89. The average Bonchev–Trinajstić information content (AvgIpc) is 3.75. The van der Waals surface area contributed by atoms with Crippen LogP contribution >= 0.6 is 11.3 Å². The van der Waals surface area contributed by atoms with Gasteiger partial charge in [-0.3, -0.25) is 4.79 Å². The zero-order valence-electron chi connectivity index (χ0n) is 22.3. The number of aromatic nitrogens is 4. The molecule has 1 fully saturated rings. The van der Waals surface area contributed by atoms with E-state index >= 15 is 0 Å². The first-order valence-corrected chi connectivity index (χ1v) is 13.8. The molecule has 1 aliphatic heterocycles. The van der Waals surface area contributed by atoms with Crippen LogP contribution in [0, 0.1) is 6.92 Å². The molecule has 1 amide bonds. The van der Waals surface area contributed by atoms with E-state index in [0.29, 0.717) is 28.2 Å². The fraction of sp³-hybridized carbons (Fsp3) is 0.276. The molecule has 0 saturated carbocycles. The Labute approximate surface area is 238 Å². The Morgan fingerprint density at radius 1 is 1.17 bits per heavy atom. The second-order valence-electron chi connectivity index (χ2n) is 10.5. The molecule has 4 heterocycles. The number of thiazole rings is 1. The molecule has 0 radical (unpaired) electrons. The molecule has 0 spiro atoms. The number of benzene rings is 2. The quantitative estimate of drug-likeness (QED) is 0.258. The molecule has 1 aliphatic rings. The second kappa shape index (κ2) is 10.3. The summed E-state index contributed by atoms with van der Waals surface area (Å²) in [6.45, 7) is 2.86. The fourth-order valence-corrected chi connectivity index (χ4v) is 5.88. The lowest BCUT2D eigenvalue weighted by molar-refractivity contribution is 0.0118. The number of amides is 1. The number of nitrogens with two attached hydrogens (primary N) is 1. The van der Waals surface area contributed by atoms with E-state index in [4.69, 9.17) is 14.6 Å². The average molecular weight is 577 g/mol. The first-order chi connectivity index (χ1) is 19.6. The number of halogens is 2. The number of carbonyl (C=O) groups excluding carboxylic acids is 1. The monoisotopic (exact) mass is 576 g/mol. The van der Waals surface area contributed by atoms with E-state index in [1.165, 1.54) is 34.8 Å². The number of hydrogen-bond acceptors (Lipinski definition) is 9. The fourth-order valence-electron chi connectivity index (χ4n) is 4.97. The molecule has 2 atom stereocenters. The first-order valence-electron chi connectivity index (χ1n) is 12.9. The van der Waals surface area contributed by atoms with Gasteiger partial charge < -0.3 is 19.5 Å². The summed E-state index contributed by atoms with van der Waals surface area (Å²) in [7, 11) is 0. The molecule has 6 rings (SSSR count). The van der Waals surface area contributed by atoms with Gasteiger partial charge in [-0.1, -0.05) is 30.3 Å². The first kappa shape index (κ1) is 26.9. The van der Waals surface area contributed by atoms with E-state index in [1.807, 2.05) is 30.3 Å². The van der Waals surface area contributed by atoms with Gasteiger partial charge in [0, 0.05) is 34.2 Å². The number of aryl methyl sites for hydroxylation is 1. The van der Waals surface area contributed by atoms with Crippen LogP contribution in [-0.2, 0) is 12.0 Å². The van der Waals surface area contributed by atoms with Gasteiger partial charge in [-0.2, -0.15) is 0 Å². The van der Waals surface area contributed by atoms with Gasteiger partial charge in [-0.05, 0) is 44.0 Å². The Bertz CT molecular complexity index is 1680. The van der Waals surface area contributed by atoms with Crippen LogP contribution in [-0.4, -0.2) is 43.4 Å². The minimum absolute atomic E-state index is 0.117. The van der Waals surface area contributed by atoms with Crippen molar-refractivity contribution in [2.45, 2.75) is 44.2 Å². The van der Waals surface area contributed by atoms with Crippen LogP contribution in [0.5, 0.6) is 0 Å². The van der Waals surface area contributed by atoms with E-state index in [2.05, 4.69) is 20.2 Å². The van der Waals surface area contributed by atoms with E-state index in [-0.39, 0.29) is 23.2 Å². The molecule has 2 N–H and O–H groups in total. The van der Waals surface area contributed by atoms with Crippen molar-refractivity contribution in [3.63, 3.8) is 0 Å². The summed E-state index contributed by atoms with van der Waals surface area (Å²) in [6.07, 6.45) is 2.83. The van der Waals surface area contributed by atoms with Crippen molar-refractivity contribution in [1.29, 1.82) is 0 Å². The highest BCUT2D eigenvalue weighted by atomic mass is 32.1. The zero-order valence-corrected chi connectivity index (χ0v) is 23.1. The highest BCUT2D eigenvalue weighted by Crippen LogP contribution is 2.43. The van der Waals surface area contributed by atoms with Gasteiger partial charge in [0.05, 0.1) is 24.3 Å². The van der Waals surface area contributed by atoms with Crippen molar-refractivity contribution < 1.29 is 22.4 Å². The highest BCUT2D eigenvalue weighted by Gasteiger charge is 2.49. The molecule has 2 aromatic carbocycles. The largest absolute Gasteiger partial charge is 0.445 e. The van der Waals surface area contributed by atoms with Crippen molar-refractivity contribution >= 4 is 17.2 Å². The van der Waals surface area contributed by atoms with Crippen LogP contribution in [0.2, 0.25) is 0 Å². The summed E-state index contributed by atoms with van der Waals surface area (Å²) in [5, 5.41) is 10.7. The Hall–Kier alpha value is -4.29. The van der Waals surface area contributed by atoms with Crippen LogP contribution in [0.15, 0.2) is 75.2 Å². The molecule has 41 heavy (non-hydrogen) atoms. The molecule has 12 heteroatoms. The van der Waals surface area contributed by atoms with Gasteiger partial charge in [0.15, 0.2) is 0 Å². The van der Waals surface area contributed by atoms with Gasteiger partial charge in [0.2, 0.25) is 17.7 Å². The molecule has 0 aliphatic carbocycles. The van der Waals surface area contributed by atoms with Crippen LogP contribution in [0.25, 0.3) is 22.9 Å². The van der Waals surface area contributed by atoms with E-state index in [9.17, 15) is 13.6 Å². The minimum Gasteiger partial charge on any atom is -0.445 e. The summed E-state index contributed by atoms with van der Waals surface area (Å²) in [6, 6.07) is 13.6. The maximum atomic E-state index is 14.6. The van der Waals surface area contributed by atoms with Gasteiger partial charge in [0.1, 0.15) is 11.3 Å². The zero-order chi connectivity index (χ0) is 28.8. The Morgan fingerprint density at radius 3 is 2.61 bits per heavy atom. The number of likely N-dealkylation sites (tertiary alicyclic amines) is 1. The molecular formula is C29H26F2N6O3S. The van der Waals surface area contributed by atoms with E-state index < -0.39 is 36.4 Å². The second-order valence-corrected chi connectivity index (χ2v) is 11.4. The summed E-state index contributed by atoms with van der Waals surface area (Å²) in [5.41, 5.74) is 8.31. The Kier molecular flexibility index (Phi) is 6.74. The molecule has 210 valence electrons. The SMILES string of the molecule is Cc1csc(C2CC(F)(F)CN2C(=O)c2cc(-c3ncco3)cc(-c3nnc(C(C)(N)Cc4ccccc4)o3)c2)n1. The minimum atomic E-state index is -3.05. The standard InChI is InChI=1S/C29H26F2N6O3S/c1-17-15-41-25(34-17)22-14-29(30,31)16-37(22)26(38)21-11-19(23-33-8-9-39-23)10-20(12-21)24-35-36-27(40-24)28(2,32)13-18-6-4-3-5-7-18/h3-12,15,22H,13-14,16,32H2,1-2H3. The maximum Gasteiger partial charge on any atom is 0.267 e. The lowest BCUT2D eigenvalue weighted by Crippen LogP contribution is -2.35. The topological polar surface area (TPSA) is 124 Å². The van der Waals surface area contributed by atoms with Crippen LogP contribution in [0.4, 0.5) is 8.78 Å². The van der Waals surface area contributed by atoms with Crippen LogP contribution in [0.1, 0.15) is 51.9 Å². The van der Waals surface area contributed by atoms with Crippen LogP contribution in [0.3, 0.4) is 0 Å². The molecule has 3 aromatic heterocycles. The highest BCUT2D eigenvalue weighted by molar-refractivity contribution is 7.09. The predicted molar refractivity (Wildman–Crippen MR) is 147 cm³/mol. The van der Waals surface area contributed by atoms with Crippen molar-refractivity contribution in [1.82, 2.24) is 25.1 Å². The number of rotatable bonds is 7. The normalized spacial score (nSPS) is 18.0. The Morgan fingerprint density at radius 2 is 1.93 bits per heavy atom. The number of carbonyl (C=O) groups is 1. The van der Waals surface area contributed by atoms with E-state index in [0.717, 1.165) is 5.56 Å². The number of hydrogen-bond donors (Lipinski definition) is 1. The molecule has 1 saturated heterocycles. The maximum absolute atomic E-state index is 14.6. The molecule has 0 bridgehead atoms. The number of oxazole rings is 1. The number of nitrogens with zero attached hydrogens (tertiary/aromatic N) is 5.